The lowest BCUT2D eigenvalue weighted by Gasteiger charge is -2.50. The molecule has 2 aliphatic heterocycles. The molecule has 34 heavy (non-hydrogen) atoms. The molecule has 0 saturated carbocycles. The maximum absolute atomic E-state index is 9.50. The number of morpholine rings is 1. The minimum absolute atomic E-state index is 0.292. The van der Waals surface area contributed by atoms with Gasteiger partial charge in [0.2, 0.25) is 0 Å². The monoisotopic (exact) mass is 456 g/mol. The SMILES string of the molecule is CCN=C(c1ccc(N2CC3COCC(C2)N3Cc2ccccn2)nc1)c1c(C#N)cnn1C. The fourth-order valence-corrected chi connectivity index (χ4v) is 4.83. The van der Waals surface area contributed by atoms with Crippen molar-refractivity contribution in [1.29, 1.82) is 5.26 Å². The van der Waals surface area contributed by atoms with E-state index in [2.05, 4.69) is 37.0 Å². The molecule has 3 aromatic heterocycles. The van der Waals surface area contributed by atoms with E-state index in [0.29, 0.717) is 43.1 Å². The van der Waals surface area contributed by atoms with Crippen LogP contribution in [0.25, 0.3) is 0 Å². The van der Waals surface area contributed by atoms with Crippen molar-refractivity contribution >= 4 is 11.5 Å². The van der Waals surface area contributed by atoms with Gasteiger partial charge in [0.1, 0.15) is 17.6 Å². The minimum atomic E-state index is 0.292. The van der Waals surface area contributed by atoms with Crippen molar-refractivity contribution in [3.8, 4) is 6.07 Å². The molecule has 2 aliphatic rings. The second kappa shape index (κ2) is 9.71. The van der Waals surface area contributed by atoms with Gasteiger partial charge in [0.05, 0.1) is 48.5 Å². The van der Waals surface area contributed by atoms with Crippen LogP contribution < -0.4 is 4.90 Å². The van der Waals surface area contributed by atoms with Crippen LogP contribution in [0.15, 0.2) is 53.9 Å². The van der Waals surface area contributed by atoms with Crippen LogP contribution in [0.5, 0.6) is 0 Å². The molecule has 5 heterocycles. The molecule has 2 atom stereocenters. The fourth-order valence-electron chi connectivity index (χ4n) is 4.83. The van der Waals surface area contributed by atoms with Crippen LogP contribution in [-0.2, 0) is 18.3 Å². The van der Waals surface area contributed by atoms with Crippen molar-refractivity contribution in [2.24, 2.45) is 12.0 Å². The van der Waals surface area contributed by atoms with Crippen molar-refractivity contribution in [3.63, 3.8) is 0 Å². The second-order valence-electron chi connectivity index (χ2n) is 8.61. The number of hydrogen-bond donors (Lipinski definition) is 0. The molecule has 5 rings (SSSR count). The van der Waals surface area contributed by atoms with Crippen LogP contribution in [0.3, 0.4) is 0 Å². The number of aliphatic imine (C=N–C) groups is 1. The molecule has 2 unspecified atom stereocenters. The van der Waals surface area contributed by atoms with Crippen LogP contribution in [0, 0.1) is 11.3 Å². The number of piperazine rings is 1. The lowest BCUT2D eigenvalue weighted by Crippen LogP contribution is -2.64. The fraction of sp³-hybridized carbons (Fsp3) is 0.400. The zero-order valence-electron chi connectivity index (χ0n) is 19.5. The van der Waals surface area contributed by atoms with Crippen LogP contribution in [0.1, 0.15) is 29.4 Å². The van der Waals surface area contributed by atoms with Crippen molar-refractivity contribution in [1.82, 2.24) is 24.6 Å². The predicted octanol–water partition coefficient (Wildman–Crippen LogP) is 2.03. The van der Waals surface area contributed by atoms with Gasteiger partial charge in [-0.1, -0.05) is 6.07 Å². The summed E-state index contributed by atoms with van der Waals surface area (Å²) in [5.74, 6) is 0.944. The number of nitrogens with zero attached hydrogens (tertiary/aromatic N) is 8. The average Bonchev–Trinajstić information content (AvgIpc) is 3.23. The molecule has 2 bridgehead atoms. The molecule has 9 heteroatoms. The van der Waals surface area contributed by atoms with Crippen molar-refractivity contribution in [2.45, 2.75) is 25.6 Å². The summed E-state index contributed by atoms with van der Waals surface area (Å²) in [5.41, 5.74) is 3.93. The second-order valence-corrected chi connectivity index (χ2v) is 8.61. The van der Waals surface area contributed by atoms with Crippen molar-refractivity contribution in [2.75, 3.05) is 37.7 Å². The smallest absolute Gasteiger partial charge is 0.128 e. The summed E-state index contributed by atoms with van der Waals surface area (Å²) < 4.78 is 7.58. The van der Waals surface area contributed by atoms with Crippen molar-refractivity contribution < 1.29 is 4.74 Å². The van der Waals surface area contributed by atoms with Crippen LogP contribution in [-0.4, -0.2) is 75.3 Å². The molecule has 0 aliphatic carbocycles. The van der Waals surface area contributed by atoms with Crippen molar-refractivity contribution in [3.05, 3.63) is 71.4 Å². The van der Waals surface area contributed by atoms with Gasteiger partial charge < -0.3 is 9.64 Å². The molecule has 0 amide bonds. The molecule has 0 aromatic carbocycles. The van der Waals surface area contributed by atoms with Gasteiger partial charge in [-0.2, -0.15) is 10.4 Å². The molecule has 2 saturated heterocycles. The maximum atomic E-state index is 9.50. The summed E-state index contributed by atoms with van der Waals surface area (Å²) in [7, 11) is 1.83. The zero-order valence-corrected chi connectivity index (χ0v) is 19.5. The van der Waals surface area contributed by atoms with Crippen LogP contribution in [0.4, 0.5) is 5.82 Å². The quantitative estimate of drug-likeness (QED) is 0.524. The first-order chi connectivity index (χ1) is 16.7. The summed E-state index contributed by atoms with van der Waals surface area (Å²) in [6.07, 6.45) is 5.28. The third kappa shape index (κ3) is 4.30. The van der Waals surface area contributed by atoms with E-state index in [0.717, 1.165) is 42.4 Å². The van der Waals surface area contributed by atoms with Gasteiger partial charge in [-0.25, -0.2) is 4.98 Å². The Morgan fingerprint density at radius 2 is 1.97 bits per heavy atom. The third-order valence-corrected chi connectivity index (χ3v) is 6.44. The van der Waals surface area contributed by atoms with E-state index < -0.39 is 0 Å². The first-order valence-electron chi connectivity index (χ1n) is 11.6. The summed E-state index contributed by atoms with van der Waals surface area (Å²) in [6.45, 7) is 6.55. The molecule has 2 fully saturated rings. The molecule has 174 valence electrons. The molecule has 3 aromatic rings. The van der Waals surface area contributed by atoms with E-state index >= 15 is 0 Å². The molecular weight excluding hydrogens is 428 g/mol. The van der Waals surface area contributed by atoms with Gasteiger partial charge in [0, 0.05) is 51.2 Å². The number of rotatable bonds is 6. The Morgan fingerprint density at radius 1 is 1.15 bits per heavy atom. The Hall–Kier alpha value is -3.61. The van der Waals surface area contributed by atoms with Gasteiger partial charge in [0.15, 0.2) is 0 Å². The van der Waals surface area contributed by atoms with Gasteiger partial charge in [0.25, 0.3) is 0 Å². The molecule has 0 N–H and O–H groups in total. The highest BCUT2D eigenvalue weighted by Crippen LogP contribution is 2.27. The summed E-state index contributed by atoms with van der Waals surface area (Å²) >= 11 is 0. The van der Waals surface area contributed by atoms with Gasteiger partial charge in [-0.05, 0) is 31.2 Å². The molecule has 0 radical (unpaired) electrons. The molecule has 0 spiro atoms. The number of aromatic nitrogens is 4. The number of fused-ring (bicyclic) bond motifs is 2. The zero-order chi connectivity index (χ0) is 23.5. The first-order valence-corrected chi connectivity index (χ1v) is 11.6. The van der Waals surface area contributed by atoms with E-state index in [4.69, 9.17) is 9.72 Å². The number of pyridine rings is 2. The number of ether oxygens (including phenoxy) is 1. The third-order valence-electron chi connectivity index (χ3n) is 6.44. The van der Waals surface area contributed by atoms with Gasteiger partial charge in [-0.3, -0.25) is 19.6 Å². The largest absolute Gasteiger partial charge is 0.378 e. The first kappa shape index (κ1) is 22.2. The number of anilines is 1. The maximum Gasteiger partial charge on any atom is 0.128 e. The summed E-state index contributed by atoms with van der Waals surface area (Å²) in [5, 5.41) is 13.7. The van der Waals surface area contributed by atoms with E-state index in [-0.39, 0.29) is 0 Å². The van der Waals surface area contributed by atoms with Gasteiger partial charge >= 0.3 is 0 Å². The topological polar surface area (TPSA) is 95.5 Å². The lowest BCUT2D eigenvalue weighted by molar-refractivity contribution is -0.0625. The average molecular weight is 457 g/mol. The van der Waals surface area contributed by atoms with E-state index in [1.165, 1.54) is 0 Å². The number of hydrogen-bond acceptors (Lipinski definition) is 8. The highest BCUT2D eigenvalue weighted by Gasteiger charge is 2.38. The molecular formula is C25H28N8O. The Kier molecular flexibility index (Phi) is 6.34. The van der Waals surface area contributed by atoms with E-state index in [1.54, 1.807) is 10.9 Å². The van der Waals surface area contributed by atoms with Crippen LogP contribution in [0.2, 0.25) is 0 Å². The standard InChI is InChI=1S/C25H28N8O/c1-3-27-24(25-19(10-26)12-30-31(25)2)18-7-8-23(29-11-18)32-14-21-16-34-17-22(15-32)33(21)13-20-6-4-5-9-28-20/h4-9,11-12,21-22H,3,13-17H2,1-2H3. The highest BCUT2D eigenvalue weighted by molar-refractivity contribution is 6.13. The number of nitriles is 1. The Balaban J connectivity index is 1.35. The summed E-state index contributed by atoms with van der Waals surface area (Å²) in [4.78, 5) is 18.8. The normalized spacial score (nSPS) is 20.9. The predicted molar refractivity (Wildman–Crippen MR) is 129 cm³/mol. The lowest BCUT2D eigenvalue weighted by atomic mass is 10.0. The summed E-state index contributed by atoms with van der Waals surface area (Å²) in [6, 6.07) is 13.0. The Morgan fingerprint density at radius 3 is 2.62 bits per heavy atom. The molecule has 9 nitrogen and oxygen atoms in total. The Labute approximate surface area is 199 Å². The highest BCUT2D eigenvalue weighted by atomic mass is 16.5. The number of aryl methyl sites for hydroxylation is 1. The van der Waals surface area contributed by atoms with Gasteiger partial charge in [-0.15, -0.1) is 0 Å². The Bertz CT molecular complexity index is 1180. The minimum Gasteiger partial charge on any atom is -0.378 e. The van der Waals surface area contributed by atoms with E-state index in [1.807, 2.05) is 50.6 Å². The van der Waals surface area contributed by atoms with Crippen LogP contribution >= 0.6 is 0 Å². The van der Waals surface area contributed by atoms with E-state index in [9.17, 15) is 5.26 Å².